The maximum absolute atomic E-state index is 13.4. The molecule has 0 spiro atoms. The summed E-state index contributed by atoms with van der Waals surface area (Å²) in [7, 11) is -3.99. The third-order valence-electron chi connectivity index (χ3n) is 4.74. The lowest BCUT2D eigenvalue weighted by molar-refractivity contribution is -0.114. The quantitative estimate of drug-likeness (QED) is 0.577. The number of nitrogens with one attached hydrogen (secondary N) is 1. The Hall–Kier alpha value is -2.83. The molecule has 0 radical (unpaired) electrons. The van der Waals surface area contributed by atoms with Gasteiger partial charge in [-0.1, -0.05) is 41.9 Å². The maximum atomic E-state index is 13.4. The summed E-state index contributed by atoms with van der Waals surface area (Å²) in [6.45, 7) is 5.27. The number of anilines is 2. The Balaban J connectivity index is 1.98. The van der Waals surface area contributed by atoms with Gasteiger partial charge in [-0.05, 0) is 73.9 Å². The average Bonchev–Trinajstić information content (AvgIpc) is 2.70. The number of sulfonamides is 1. The Kier molecular flexibility index (Phi) is 6.48. The van der Waals surface area contributed by atoms with E-state index in [1.54, 1.807) is 12.1 Å². The minimum atomic E-state index is -3.99. The van der Waals surface area contributed by atoms with Crippen LogP contribution in [0, 0.1) is 20.8 Å². The van der Waals surface area contributed by atoms with Crippen molar-refractivity contribution in [1.82, 2.24) is 0 Å². The third-order valence-corrected chi connectivity index (χ3v) is 6.77. The van der Waals surface area contributed by atoms with E-state index in [9.17, 15) is 13.2 Å². The Labute approximate surface area is 182 Å². The molecule has 0 aliphatic heterocycles. The molecular formula is C23H23ClN2O3S. The molecule has 0 atom stereocenters. The third kappa shape index (κ3) is 4.83. The van der Waals surface area contributed by atoms with Gasteiger partial charge in [0.2, 0.25) is 5.91 Å². The fourth-order valence-electron chi connectivity index (χ4n) is 3.07. The summed E-state index contributed by atoms with van der Waals surface area (Å²) in [5.74, 6) is -0.426. The van der Waals surface area contributed by atoms with E-state index < -0.39 is 15.9 Å². The summed E-state index contributed by atoms with van der Waals surface area (Å²) in [6.07, 6.45) is 0. The highest BCUT2D eigenvalue weighted by molar-refractivity contribution is 7.92. The second-order valence-corrected chi connectivity index (χ2v) is 9.42. The molecule has 0 aliphatic rings. The van der Waals surface area contributed by atoms with Crippen LogP contribution in [0.2, 0.25) is 5.02 Å². The van der Waals surface area contributed by atoms with Gasteiger partial charge < -0.3 is 5.32 Å². The van der Waals surface area contributed by atoms with E-state index in [-0.39, 0.29) is 11.4 Å². The van der Waals surface area contributed by atoms with Gasteiger partial charge in [0.25, 0.3) is 10.0 Å². The van der Waals surface area contributed by atoms with Crippen molar-refractivity contribution in [2.45, 2.75) is 25.7 Å². The van der Waals surface area contributed by atoms with Crippen LogP contribution in [0.4, 0.5) is 11.4 Å². The average molecular weight is 443 g/mol. The number of carbonyl (C=O) groups is 1. The highest BCUT2D eigenvalue weighted by atomic mass is 35.5. The minimum absolute atomic E-state index is 0.0645. The summed E-state index contributed by atoms with van der Waals surface area (Å²) in [6, 6.07) is 18.7. The molecule has 3 aromatic carbocycles. The molecule has 3 rings (SSSR count). The van der Waals surface area contributed by atoms with Crippen LogP contribution in [0.1, 0.15) is 16.7 Å². The molecule has 0 aromatic heterocycles. The van der Waals surface area contributed by atoms with Crippen molar-refractivity contribution < 1.29 is 13.2 Å². The number of aryl methyl sites for hydroxylation is 3. The monoisotopic (exact) mass is 442 g/mol. The van der Waals surface area contributed by atoms with Gasteiger partial charge in [0.1, 0.15) is 6.54 Å². The van der Waals surface area contributed by atoms with Crippen LogP contribution in [0.25, 0.3) is 0 Å². The highest BCUT2D eigenvalue weighted by Gasteiger charge is 2.28. The fourth-order valence-corrected chi connectivity index (χ4v) is 4.68. The van der Waals surface area contributed by atoms with Gasteiger partial charge in [0.15, 0.2) is 0 Å². The molecule has 1 N–H and O–H groups in total. The smallest absolute Gasteiger partial charge is 0.264 e. The molecule has 0 fully saturated rings. The molecule has 7 heteroatoms. The molecule has 0 saturated heterocycles. The zero-order valence-electron chi connectivity index (χ0n) is 17.0. The maximum Gasteiger partial charge on any atom is 0.264 e. The molecule has 5 nitrogen and oxygen atoms in total. The number of amides is 1. The van der Waals surface area contributed by atoms with Crippen molar-refractivity contribution >= 4 is 38.9 Å². The van der Waals surface area contributed by atoms with Crippen molar-refractivity contribution in [3.05, 3.63) is 88.4 Å². The summed E-state index contributed by atoms with van der Waals surface area (Å²) in [5, 5.41) is 3.27. The van der Waals surface area contributed by atoms with Crippen LogP contribution in [-0.2, 0) is 14.8 Å². The molecule has 0 saturated carbocycles. The van der Waals surface area contributed by atoms with E-state index in [2.05, 4.69) is 5.32 Å². The van der Waals surface area contributed by atoms with Gasteiger partial charge in [-0.25, -0.2) is 8.42 Å². The normalized spacial score (nSPS) is 11.2. The number of halogens is 1. The van der Waals surface area contributed by atoms with Crippen molar-refractivity contribution in [2.75, 3.05) is 16.2 Å². The topological polar surface area (TPSA) is 66.5 Å². The first-order valence-corrected chi connectivity index (χ1v) is 11.2. The first kappa shape index (κ1) is 21.9. The Morgan fingerprint density at radius 3 is 2.27 bits per heavy atom. The van der Waals surface area contributed by atoms with E-state index in [0.29, 0.717) is 16.4 Å². The number of benzene rings is 3. The van der Waals surface area contributed by atoms with Gasteiger partial charge in [-0.2, -0.15) is 0 Å². The predicted octanol–water partition coefficient (Wildman–Crippen LogP) is 5.10. The van der Waals surface area contributed by atoms with E-state index in [0.717, 1.165) is 21.0 Å². The first-order chi connectivity index (χ1) is 14.2. The zero-order chi connectivity index (χ0) is 21.9. The highest BCUT2D eigenvalue weighted by Crippen LogP contribution is 2.27. The first-order valence-electron chi connectivity index (χ1n) is 9.39. The van der Waals surface area contributed by atoms with Gasteiger partial charge in [-0.3, -0.25) is 9.10 Å². The number of hydrogen-bond donors (Lipinski definition) is 1. The van der Waals surface area contributed by atoms with Crippen LogP contribution in [-0.4, -0.2) is 20.9 Å². The predicted molar refractivity (Wildman–Crippen MR) is 122 cm³/mol. The second-order valence-electron chi connectivity index (χ2n) is 7.12. The van der Waals surface area contributed by atoms with Crippen LogP contribution < -0.4 is 9.62 Å². The summed E-state index contributed by atoms with van der Waals surface area (Å²) in [4.78, 5) is 12.9. The Bertz CT molecular complexity index is 1180. The lowest BCUT2D eigenvalue weighted by atomic mass is 10.1. The molecule has 3 aromatic rings. The molecule has 0 heterocycles. The zero-order valence-corrected chi connectivity index (χ0v) is 18.6. The summed E-state index contributed by atoms with van der Waals surface area (Å²) >= 11 is 5.91. The van der Waals surface area contributed by atoms with Crippen molar-refractivity contribution in [3.8, 4) is 0 Å². The molecule has 0 aliphatic carbocycles. The molecule has 156 valence electrons. The summed E-state index contributed by atoms with van der Waals surface area (Å²) in [5.41, 5.74) is 3.75. The standard InChI is InChI=1S/C23H23ClN2O3S/c1-16-8-9-17(2)21(14-16)25-23(27)15-26(22-7-5-4-6-18(22)3)30(28,29)20-12-10-19(24)11-13-20/h4-14H,15H2,1-3H3,(H,25,27). The number of para-hydroxylation sites is 1. The van der Waals surface area contributed by atoms with Gasteiger partial charge in [0, 0.05) is 10.7 Å². The molecule has 0 unspecified atom stereocenters. The van der Waals surface area contributed by atoms with Gasteiger partial charge in [-0.15, -0.1) is 0 Å². The Morgan fingerprint density at radius 1 is 0.933 bits per heavy atom. The SMILES string of the molecule is Cc1ccc(C)c(NC(=O)CN(c2ccccc2C)S(=O)(=O)c2ccc(Cl)cc2)c1. The largest absolute Gasteiger partial charge is 0.324 e. The molecule has 1 amide bonds. The number of nitrogens with zero attached hydrogens (tertiary/aromatic N) is 1. The number of rotatable bonds is 6. The minimum Gasteiger partial charge on any atom is -0.324 e. The van der Waals surface area contributed by atoms with E-state index in [1.807, 2.05) is 51.1 Å². The molecule has 30 heavy (non-hydrogen) atoms. The number of carbonyl (C=O) groups excluding carboxylic acids is 1. The van der Waals surface area contributed by atoms with Crippen LogP contribution in [0.3, 0.4) is 0 Å². The van der Waals surface area contributed by atoms with Gasteiger partial charge in [0.05, 0.1) is 10.6 Å². The second kappa shape index (κ2) is 8.90. The lowest BCUT2D eigenvalue weighted by Gasteiger charge is -2.25. The van der Waals surface area contributed by atoms with Gasteiger partial charge >= 0.3 is 0 Å². The van der Waals surface area contributed by atoms with Crippen molar-refractivity contribution in [3.63, 3.8) is 0 Å². The van der Waals surface area contributed by atoms with E-state index in [4.69, 9.17) is 11.6 Å². The molecular weight excluding hydrogens is 420 g/mol. The summed E-state index contributed by atoms with van der Waals surface area (Å²) < 4.78 is 27.9. The van der Waals surface area contributed by atoms with Crippen LogP contribution >= 0.6 is 11.6 Å². The van der Waals surface area contributed by atoms with Crippen LogP contribution in [0.15, 0.2) is 71.6 Å². The van der Waals surface area contributed by atoms with Crippen LogP contribution in [0.5, 0.6) is 0 Å². The number of hydrogen-bond acceptors (Lipinski definition) is 3. The van der Waals surface area contributed by atoms with Crippen molar-refractivity contribution in [1.29, 1.82) is 0 Å². The fraction of sp³-hybridized carbons (Fsp3) is 0.174. The lowest BCUT2D eigenvalue weighted by Crippen LogP contribution is -2.38. The van der Waals surface area contributed by atoms with Crippen molar-refractivity contribution in [2.24, 2.45) is 0 Å². The van der Waals surface area contributed by atoms with E-state index in [1.165, 1.54) is 24.3 Å². The molecule has 0 bridgehead atoms. The van der Waals surface area contributed by atoms with E-state index >= 15 is 0 Å². The Morgan fingerprint density at radius 2 is 1.60 bits per heavy atom.